The molecule has 0 aromatic heterocycles. The Morgan fingerprint density at radius 1 is 1.20 bits per heavy atom. The first-order chi connectivity index (χ1) is 9.58. The molecule has 5 heteroatoms. The smallest absolute Gasteiger partial charge is 0.265 e. The monoisotopic (exact) mass is 353 g/mol. The molecule has 0 aliphatic rings. The fourth-order valence-electron chi connectivity index (χ4n) is 1.58. The van der Waals surface area contributed by atoms with E-state index in [1.807, 2.05) is 24.3 Å². The van der Waals surface area contributed by atoms with Crippen LogP contribution in [0.5, 0.6) is 5.75 Å². The lowest BCUT2D eigenvalue weighted by atomic mass is 10.3. The van der Waals surface area contributed by atoms with Crippen LogP contribution in [-0.4, -0.2) is 12.0 Å². The molecule has 0 saturated carbocycles. The Labute approximate surface area is 131 Å². The van der Waals surface area contributed by atoms with Crippen molar-refractivity contribution in [1.29, 1.82) is 0 Å². The molecule has 2 aromatic carbocycles. The molecule has 1 amide bonds. The lowest BCUT2D eigenvalue weighted by Crippen LogP contribution is -2.30. The first-order valence-electron chi connectivity index (χ1n) is 6.04. The highest BCUT2D eigenvalue weighted by Crippen LogP contribution is 2.25. The van der Waals surface area contributed by atoms with Gasteiger partial charge in [-0.25, -0.2) is 0 Å². The van der Waals surface area contributed by atoms with Crippen LogP contribution in [0.15, 0.2) is 53.0 Å². The van der Waals surface area contributed by atoms with Crippen LogP contribution in [0.1, 0.15) is 6.92 Å². The summed E-state index contributed by atoms with van der Waals surface area (Å²) >= 11 is 9.37. The maximum Gasteiger partial charge on any atom is 0.265 e. The van der Waals surface area contributed by atoms with Gasteiger partial charge in [0.1, 0.15) is 5.75 Å². The van der Waals surface area contributed by atoms with Gasteiger partial charge >= 0.3 is 0 Å². The molecule has 104 valence electrons. The van der Waals surface area contributed by atoms with E-state index in [1.54, 1.807) is 31.2 Å². The third-order valence-corrected chi connectivity index (χ3v) is 3.65. The molecule has 0 saturated heterocycles. The zero-order chi connectivity index (χ0) is 14.5. The summed E-state index contributed by atoms with van der Waals surface area (Å²) in [5.41, 5.74) is 0.701. The molecule has 2 rings (SSSR count). The number of carbonyl (C=O) groups is 1. The number of carbonyl (C=O) groups excluding carboxylic acids is 1. The van der Waals surface area contributed by atoms with Gasteiger partial charge in [0.05, 0.1) is 10.7 Å². The number of rotatable bonds is 4. The summed E-state index contributed by atoms with van der Waals surface area (Å²) in [4.78, 5) is 12.1. The molecule has 0 aliphatic carbocycles. The number of ether oxygens (including phenoxy) is 1. The molecule has 3 nitrogen and oxygen atoms in total. The number of halogens is 2. The summed E-state index contributed by atoms with van der Waals surface area (Å²) in [6.07, 6.45) is -0.651. The Balaban J connectivity index is 2.03. The Bertz CT molecular complexity index is 618. The average Bonchev–Trinajstić information content (AvgIpc) is 2.43. The summed E-state index contributed by atoms with van der Waals surface area (Å²) in [5, 5.41) is 3.28. The second kappa shape index (κ2) is 6.77. The standard InChI is InChI=1S/C15H13BrClNO2/c1-10(20-14-9-5-3-7-12(14)17)15(19)18-13-8-4-2-6-11(13)16/h2-10H,1H3,(H,18,19). The number of amides is 1. The van der Waals surface area contributed by atoms with E-state index in [9.17, 15) is 4.79 Å². The van der Waals surface area contributed by atoms with Crippen LogP contribution >= 0.6 is 27.5 Å². The SMILES string of the molecule is CC(Oc1ccccc1Cl)C(=O)Nc1ccccc1Br. The summed E-state index contributed by atoms with van der Waals surface area (Å²) in [7, 11) is 0. The van der Waals surface area contributed by atoms with Crippen molar-refractivity contribution in [1.82, 2.24) is 0 Å². The maximum atomic E-state index is 12.1. The molecule has 0 heterocycles. The summed E-state index contributed by atoms with van der Waals surface area (Å²) in [6, 6.07) is 14.4. The third kappa shape index (κ3) is 3.74. The number of benzene rings is 2. The van der Waals surface area contributed by atoms with E-state index in [-0.39, 0.29) is 5.91 Å². The van der Waals surface area contributed by atoms with Gasteiger partial charge in [-0.2, -0.15) is 0 Å². The maximum absolute atomic E-state index is 12.1. The second-order valence-electron chi connectivity index (χ2n) is 4.16. The molecule has 1 atom stereocenters. The number of para-hydroxylation sites is 2. The van der Waals surface area contributed by atoms with Crippen molar-refractivity contribution in [3.63, 3.8) is 0 Å². The van der Waals surface area contributed by atoms with Crippen molar-refractivity contribution in [2.24, 2.45) is 0 Å². The van der Waals surface area contributed by atoms with Crippen molar-refractivity contribution >= 4 is 39.1 Å². The highest BCUT2D eigenvalue weighted by atomic mass is 79.9. The number of hydrogen-bond donors (Lipinski definition) is 1. The molecule has 1 unspecified atom stereocenters. The first-order valence-corrected chi connectivity index (χ1v) is 7.21. The topological polar surface area (TPSA) is 38.3 Å². The number of anilines is 1. The van der Waals surface area contributed by atoms with Gasteiger partial charge in [0.2, 0.25) is 0 Å². The molecule has 0 radical (unpaired) electrons. The van der Waals surface area contributed by atoms with Gasteiger partial charge in [0.25, 0.3) is 5.91 Å². The minimum absolute atomic E-state index is 0.239. The Morgan fingerprint density at radius 2 is 1.85 bits per heavy atom. The van der Waals surface area contributed by atoms with Gasteiger partial charge in [0.15, 0.2) is 6.10 Å². The Morgan fingerprint density at radius 3 is 2.55 bits per heavy atom. The lowest BCUT2D eigenvalue weighted by molar-refractivity contribution is -0.122. The normalized spacial score (nSPS) is 11.8. The summed E-state index contributed by atoms with van der Waals surface area (Å²) in [5.74, 6) is 0.251. The molecular formula is C15H13BrClNO2. The zero-order valence-corrected chi connectivity index (χ0v) is 13.1. The molecule has 1 N–H and O–H groups in total. The van der Waals surface area contributed by atoms with Crippen LogP contribution in [0, 0.1) is 0 Å². The minimum atomic E-state index is -0.651. The third-order valence-electron chi connectivity index (χ3n) is 2.64. The molecule has 0 spiro atoms. The van der Waals surface area contributed by atoms with Crippen molar-refractivity contribution in [3.05, 3.63) is 58.0 Å². The van der Waals surface area contributed by atoms with Gasteiger partial charge in [-0.3, -0.25) is 4.79 Å². The van der Waals surface area contributed by atoms with Crippen molar-refractivity contribution in [2.75, 3.05) is 5.32 Å². The lowest BCUT2D eigenvalue weighted by Gasteiger charge is -2.16. The van der Waals surface area contributed by atoms with Gasteiger partial charge in [0, 0.05) is 4.47 Å². The van der Waals surface area contributed by atoms with Gasteiger partial charge in [-0.1, -0.05) is 35.9 Å². The van der Waals surface area contributed by atoms with E-state index >= 15 is 0 Å². The fraction of sp³-hybridized carbons (Fsp3) is 0.133. The van der Waals surface area contributed by atoms with Crippen LogP contribution in [0.3, 0.4) is 0 Å². The molecule has 2 aromatic rings. The fourth-order valence-corrected chi connectivity index (χ4v) is 2.15. The predicted molar refractivity (Wildman–Crippen MR) is 84.3 cm³/mol. The van der Waals surface area contributed by atoms with E-state index < -0.39 is 6.10 Å². The van der Waals surface area contributed by atoms with Crippen molar-refractivity contribution in [3.8, 4) is 5.75 Å². The highest BCUT2D eigenvalue weighted by molar-refractivity contribution is 9.10. The molecule has 0 aliphatic heterocycles. The van der Waals surface area contributed by atoms with E-state index in [2.05, 4.69) is 21.2 Å². The van der Waals surface area contributed by atoms with Gasteiger partial charge < -0.3 is 10.1 Å². The summed E-state index contributed by atoms with van der Waals surface area (Å²) < 4.78 is 6.38. The van der Waals surface area contributed by atoms with Crippen molar-refractivity contribution in [2.45, 2.75) is 13.0 Å². The zero-order valence-electron chi connectivity index (χ0n) is 10.8. The van der Waals surface area contributed by atoms with E-state index in [0.29, 0.717) is 16.5 Å². The Kier molecular flexibility index (Phi) is 5.04. The van der Waals surface area contributed by atoms with Crippen LogP contribution in [0.4, 0.5) is 5.69 Å². The summed E-state index contributed by atoms with van der Waals surface area (Å²) in [6.45, 7) is 1.68. The van der Waals surface area contributed by atoms with E-state index in [4.69, 9.17) is 16.3 Å². The minimum Gasteiger partial charge on any atom is -0.479 e. The molecule has 20 heavy (non-hydrogen) atoms. The van der Waals surface area contributed by atoms with Crippen LogP contribution < -0.4 is 10.1 Å². The second-order valence-corrected chi connectivity index (χ2v) is 5.42. The quantitative estimate of drug-likeness (QED) is 0.877. The highest BCUT2D eigenvalue weighted by Gasteiger charge is 2.16. The number of nitrogens with one attached hydrogen (secondary N) is 1. The van der Waals surface area contributed by atoms with Crippen LogP contribution in [-0.2, 0) is 4.79 Å². The Hall–Kier alpha value is -1.52. The molecule has 0 fully saturated rings. The predicted octanol–water partition coefficient (Wildman–Crippen LogP) is 4.51. The molecule has 0 bridgehead atoms. The van der Waals surface area contributed by atoms with Crippen LogP contribution in [0.2, 0.25) is 5.02 Å². The average molecular weight is 355 g/mol. The van der Waals surface area contributed by atoms with E-state index in [1.165, 1.54) is 0 Å². The van der Waals surface area contributed by atoms with Crippen LogP contribution in [0.25, 0.3) is 0 Å². The van der Waals surface area contributed by atoms with Gasteiger partial charge in [-0.05, 0) is 47.1 Å². The molecular weight excluding hydrogens is 342 g/mol. The largest absolute Gasteiger partial charge is 0.479 e. The van der Waals surface area contributed by atoms with Gasteiger partial charge in [-0.15, -0.1) is 0 Å². The first kappa shape index (κ1) is 14.9. The van der Waals surface area contributed by atoms with Crippen molar-refractivity contribution < 1.29 is 9.53 Å². The van der Waals surface area contributed by atoms with E-state index in [0.717, 1.165) is 4.47 Å². The number of hydrogen-bond acceptors (Lipinski definition) is 2.